The molecule has 0 amide bonds. The number of aromatic nitrogens is 7. The van der Waals surface area contributed by atoms with E-state index in [9.17, 15) is 83.5 Å². The highest BCUT2D eigenvalue weighted by atomic mass is 79.9. The monoisotopic (exact) mass is 2090 g/mol. The largest absolute Gasteiger partial charge is 0.569 e. The number of methoxy groups -OCH3 is 3. The SMILES string of the molecule is COc1cc(-c2ccc(-n3c(=O)ccc4cc(S(=O)(=O)Cc5ncccn5)ccc43)c(C)c2)ccc1Cl.COc1cc(-c2ccc(-n3c(=O)ccc4cc(S(=O)(=O)Oc5c(F)c(F)c(F)c(F)c5F)ccc43)c(C)c2)ccc1Cl.COc1cc(O[B]O)ccc1Cl.Cc1cc(Br)ccc1-n1c(=O)ccc2cc(S(=O)(=O)Oc3c(F)c(F)c(F)c(F)c3F)ccc21.Nc1ncccn1.P.P.P. The van der Waals surface area contributed by atoms with Crippen molar-refractivity contribution in [2.45, 2.75) is 41.2 Å². The zero-order chi connectivity index (χ0) is 95.7. The number of sulfone groups is 1. The third-order valence-corrected chi connectivity index (χ3v) is 24.8. The maximum absolute atomic E-state index is 14.1. The Morgan fingerprint density at radius 2 is 0.711 bits per heavy atom. The molecule has 0 spiro atoms. The highest BCUT2D eigenvalue weighted by Gasteiger charge is 2.34. The number of hydrogen-bond acceptors (Lipinski definition) is 21. The van der Waals surface area contributed by atoms with Crippen molar-refractivity contribution in [3.8, 4) is 73.8 Å². The highest BCUT2D eigenvalue weighted by Crippen LogP contribution is 2.39. The van der Waals surface area contributed by atoms with Crippen molar-refractivity contribution >= 4 is 157 Å². The molecule has 5 aromatic heterocycles. The molecule has 0 saturated heterocycles. The molecule has 0 bridgehead atoms. The first kappa shape index (κ1) is 106. The fraction of sp³-hybridized carbons (Fsp3) is 0.0778. The van der Waals surface area contributed by atoms with Crippen LogP contribution in [0.5, 0.6) is 34.5 Å². The first-order valence-electron chi connectivity index (χ1n) is 37.7. The van der Waals surface area contributed by atoms with Crippen LogP contribution in [0.15, 0.2) is 271 Å². The fourth-order valence-electron chi connectivity index (χ4n) is 13.0. The van der Waals surface area contributed by atoms with E-state index in [-0.39, 0.29) is 68.0 Å². The number of ether oxygens (including phenoxy) is 3. The van der Waals surface area contributed by atoms with Gasteiger partial charge in [0.15, 0.2) is 9.84 Å². The Balaban J connectivity index is 0.000000205. The minimum absolute atomic E-state index is 0. The summed E-state index contributed by atoms with van der Waals surface area (Å²) in [6.45, 7) is 5.46. The third kappa shape index (κ3) is 23.9. The van der Waals surface area contributed by atoms with Crippen molar-refractivity contribution in [2.75, 3.05) is 27.1 Å². The lowest BCUT2D eigenvalue weighted by Crippen LogP contribution is -2.19. The Labute approximate surface area is 796 Å². The molecule has 16 aromatic rings. The summed E-state index contributed by atoms with van der Waals surface area (Å²) in [7, 11) is -8.62. The lowest BCUT2D eigenvalue weighted by molar-refractivity contribution is 0.346. The van der Waals surface area contributed by atoms with Gasteiger partial charge in [0.25, 0.3) is 16.7 Å². The molecule has 16 rings (SSSR count). The molecule has 1 radical (unpaired) electrons. The first-order chi connectivity index (χ1) is 62.7. The van der Waals surface area contributed by atoms with Crippen LogP contribution in [-0.2, 0) is 35.8 Å². The van der Waals surface area contributed by atoms with Crippen LogP contribution in [0, 0.1) is 78.9 Å². The molecule has 45 heteroatoms. The minimum Gasteiger partial charge on any atom is -0.537 e. The Morgan fingerprint density at radius 1 is 0.393 bits per heavy atom. The molecule has 135 heavy (non-hydrogen) atoms. The van der Waals surface area contributed by atoms with Crippen LogP contribution in [0.3, 0.4) is 0 Å². The number of aryl methyl sites for hydroxylation is 3. The number of halogens is 14. The average Bonchev–Trinajstić information content (AvgIpc) is 0.763. The molecule has 0 aliphatic rings. The second kappa shape index (κ2) is 45.3. The molecule has 3 N–H and O–H groups in total. The van der Waals surface area contributed by atoms with Crippen molar-refractivity contribution < 1.29 is 101 Å². The number of pyridine rings is 3. The van der Waals surface area contributed by atoms with Crippen LogP contribution < -0.4 is 49.6 Å². The molecule has 24 nitrogen and oxygen atoms in total. The van der Waals surface area contributed by atoms with E-state index in [1.165, 1.54) is 84.3 Å². The van der Waals surface area contributed by atoms with Crippen LogP contribution in [0.4, 0.5) is 49.9 Å². The summed E-state index contributed by atoms with van der Waals surface area (Å²) in [6.07, 6.45) is 6.21. The van der Waals surface area contributed by atoms with Gasteiger partial charge in [-0.3, -0.25) is 28.1 Å². The van der Waals surface area contributed by atoms with Gasteiger partial charge in [-0.25, -0.2) is 54.7 Å². The topological polar surface area (TPSA) is 322 Å². The van der Waals surface area contributed by atoms with Crippen molar-refractivity contribution in [1.29, 1.82) is 0 Å². The standard InChI is InChI=1S/C29H17ClF5NO5S.C28H22ClN3O4S.C22H11BrF5NO4S.C7H7BClO3.C4H5N3.3H3P/c1-14-11-15(16-3-7-19(30)22(13-16)40-2)4-8-20(14)36-21-9-6-18(12-17(21)5-10-23(36)37)42(38,39)41-29-27(34)25(32)24(31)26(33)28(29)35;1-18-14-19(20-4-8-23(29)26(16-20)36-2)5-9-24(18)32-25-10-7-22(15-21(25)6-11-28(32)33)37(34,35)17-27-30-12-3-13-31-27;1-10-8-12(23)3-5-14(10)29-15-6-4-13(9-11(15)2-7-16(29)30)34(31,32)33-22-20(27)18(25)17(24)19(26)21(22)28;1-11-7-4-5(12-8-10)2-3-6(7)9;5-4-6-2-1-3-7-4;;;/h3-13H,1-2H3;3-16H,17H2,1-2H3;2-9H,1H3;2-4,10H,1H3;1-3H,(H2,5,6,7);3*1H3. The molecular formula is C90H71BBrCl3F10N8O16P3S3. The molecule has 3 unspecified atom stereocenters. The summed E-state index contributed by atoms with van der Waals surface area (Å²) >= 11 is 21.4. The Hall–Kier alpha value is -12.4. The number of rotatable bonds is 19. The van der Waals surface area contributed by atoms with Gasteiger partial charge in [-0.1, -0.05) is 75.0 Å². The Bertz CT molecular complexity index is 7740. The van der Waals surface area contributed by atoms with Crippen molar-refractivity contribution in [2.24, 2.45) is 0 Å². The minimum atomic E-state index is -5.08. The van der Waals surface area contributed by atoms with Gasteiger partial charge in [0.1, 0.15) is 44.4 Å². The molecular weight excluding hydrogens is 2030 g/mol. The van der Waals surface area contributed by atoms with Gasteiger partial charge >= 0.3 is 27.9 Å². The zero-order valence-electron chi connectivity index (χ0n) is 70.7. The van der Waals surface area contributed by atoms with Gasteiger partial charge in [-0.05, 0) is 224 Å². The van der Waals surface area contributed by atoms with Crippen LogP contribution in [-0.4, -0.2) is 92.9 Å². The summed E-state index contributed by atoms with van der Waals surface area (Å²) < 4.78 is 247. The molecule has 0 aliphatic carbocycles. The van der Waals surface area contributed by atoms with Gasteiger partial charge in [0.05, 0.1) is 74.9 Å². The van der Waals surface area contributed by atoms with Crippen molar-refractivity contribution in [3.63, 3.8) is 0 Å². The number of nitrogens with two attached hydrogens (primary N) is 1. The summed E-state index contributed by atoms with van der Waals surface area (Å²) in [5, 5.41) is 10.9. The van der Waals surface area contributed by atoms with E-state index >= 15 is 0 Å². The molecule has 11 aromatic carbocycles. The summed E-state index contributed by atoms with van der Waals surface area (Å²) in [4.78, 5) is 52.7. The molecule has 0 fully saturated rings. The third-order valence-electron chi connectivity index (χ3n) is 19.3. The smallest absolute Gasteiger partial charge is 0.537 e. The van der Waals surface area contributed by atoms with Crippen LogP contribution in [0.25, 0.3) is 72.0 Å². The predicted octanol–water partition coefficient (Wildman–Crippen LogP) is 19.5. The predicted molar refractivity (Wildman–Crippen MR) is 512 cm³/mol. The van der Waals surface area contributed by atoms with E-state index in [1.54, 1.807) is 141 Å². The van der Waals surface area contributed by atoms with E-state index in [2.05, 4.69) is 44.2 Å². The van der Waals surface area contributed by atoms with Crippen LogP contribution in [0.2, 0.25) is 15.1 Å². The highest BCUT2D eigenvalue weighted by molar-refractivity contribution is 9.10. The molecule has 5 heterocycles. The maximum Gasteiger partial charge on any atom is 0.569 e. The van der Waals surface area contributed by atoms with Crippen molar-refractivity contribution in [1.82, 2.24) is 33.6 Å². The molecule has 0 saturated carbocycles. The van der Waals surface area contributed by atoms with Gasteiger partial charge in [0, 0.05) is 69.7 Å². The lowest BCUT2D eigenvalue weighted by Gasteiger charge is -2.15. The Morgan fingerprint density at radius 3 is 1.06 bits per heavy atom. The van der Waals surface area contributed by atoms with Crippen LogP contribution >= 0.6 is 80.4 Å². The van der Waals surface area contributed by atoms with Gasteiger partial charge in [-0.15, -0.1) is 0 Å². The maximum atomic E-state index is 14.1. The number of hydrogen-bond donors (Lipinski definition) is 2. The summed E-state index contributed by atoms with van der Waals surface area (Å²) in [5.74, 6) is -25.7. The Kier molecular flexibility index (Phi) is 35.7. The second-order valence-electron chi connectivity index (χ2n) is 27.7. The van der Waals surface area contributed by atoms with Gasteiger partial charge < -0.3 is 38.0 Å². The van der Waals surface area contributed by atoms with Crippen LogP contribution in [0.1, 0.15) is 22.5 Å². The van der Waals surface area contributed by atoms with E-state index in [0.29, 0.717) is 90.7 Å². The lowest BCUT2D eigenvalue weighted by atomic mass is 10.0. The number of nitrogen functional groups attached to an aromatic ring is 1. The van der Waals surface area contributed by atoms with Gasteiger partial charge in [-0.2, -0.15) is 64.1 Å². The zero-order valence-corrected chi connectivity index (χ0v) is 81.3. The first-order valence-corrected chi connectivity index (χ1v) is 44.1. The summed E-state index contributed by atoms with van der Waals surface area (Å²) in [5.41, 5.74) is 12.7. The molecule has 701 valence electrons. The van der Waals surface area contributed by atoms with E-state index in [4.69, 9.17) is 64.4 Å². The van der Waals surface area contributed by atoms with E-state index in [1.807, 2.05) is 43.3 Å². The second-order valence-corrected chi connectivity index (χ2v) is 35.0. The van der Waals surface area contributed by atoms with Crippen molar-refractivity contribution in [3.05, 3.63) is 368 Å². The number of anilines is 1. The quantitative estimate of drug-likeness (QED) is 0.0190. The normalized spacial score (nSPS) is 11.0. The average molecular weight is 2100 g/mol. The van der Waals surface area contributed by atoms with E-state index in [0.717, 1.165) is 62.1 Å². The molecule has 0 aliphatic heterocycles. The fourth-order valence-corrected chi connectivity index (χ4v) is 17.2. The van der Waals surface area contributed by atoms with E-state index < -0.39 is 121 Å². The number of benzene rings is 11. The summed E-state index contributed by atoms with van der Waals surface area (Å²) in [6, 6.07) is 54.6. The van der Waals surface area contributed by atoms with Gasteiger partial charge in [0.2, 0.25) is 75.6 Å². The number of nitrogens with zero attached hydrogens (tertiary/aromatic N) is 7. The molecule has 3 atom stereocenters. The number of fused-ring (bicyclic) bond motifs is 3.